The maximum Gasteiger partial charge on any atom is 0.142 e. The molecule has 1 aromatic rings. The number of likely N-dealkylation sites (N-methyl/N-ethyl adjacent to an activating group) is 1. The smallest absolute Gasteiger partial charge is 0.142 e. The normalized spacial score (nSPS) is 16.9. The maximum atomic E-state index is 9.09. The van der Waals surface area contributed by atoms with Gasteiger partial charge in [0, 0.05) is 19.6 Å². The molecule has 1 N–H and O–H groups in total. The summed E-state index contributed by atoms with van der Waals surface area (Å²) in [6, 6.07) is 6.16. The molecule has 1 atom stereocenters. The molecule has 0 amide bonds. The van der Waals surface area contributed by atoms with Crippen LogP contribution in [0.3, 0.4) is 0 Å². The Bertz CT molecular complexity index is 351. The fourth-order valence-electron chi connectivity index (χ4n) is 1.79. The largest absolute Gasteiger partial charge is 0.490 e. The Morgan fingerprint density at radius 1 is 1.53 bits per heavy atom. The summed E-state index contributed by atoms with van der Waals surface area (Å²) in [5.41, 5.74) is 2.27. The Morgan fingerprint density at radius 2 is 2.33 bits per heavy atom. The van der Waals surface area contributed by atoms with Gasteiger partial charge in [0.2, 0.25) is 0 Å². The van der Waals surface area contributed by atoms with Crippen molar-refractivity contribution in [3.8, 4) is 5.75 Å². The second kappa shape index (κ2) is 4.11. The standard InChI is InChI=1S/C12H17NO2/c1-9(8-14)10-3-4-11-12(7-10)15-6-5-13(11)2/h3-4,7,9,14H,5-6,8H2,1-2H3. The summed E-state index contributed by atoms with van der Waals surface area (Å²) in [7, 11) is 2.07. The van der Waals surface area contributed by atoms with Crippen LogP contribution in [-0.4, -0.2) is 31.9 Å². The van der Waals surface area contributed by atoms with Crippen LogP contribution in [0.25, 0.3) is 0 Å². The highest BCUT2D eigenvalue weighted by atomic mass is 16.5. The average molecular weight is 207 g/mol. The summed E-state index contributed by atoms with van der Waals surface area (Å²) < 4.78 is 5.61. The molecule has 3 nitrogen and oxygen atoms in total. The third kappa shape index (κ3) is 1.92. The predicted molar refractivity (Wildman–Crippen MR) is 60.7 cm³/mol. The van der Waals surface area contributed by atoms with Crippen LogP contribution in [0.15, 0.2) is 18.2 Å². The van der Waals surface area contributed by atoms with E-state index in [-0.39, 0.29) is 12.5 Å². The SMILES string of the molecule is CC(CO)c1ccc2c(c1)OCCN2C. The van der Waals surface area contributed by atoms with Crippen LogP contribution in [0.4, 0.5) is 5.69 Å². The van der Waals surface area contributed by atoms with Crippen molar-refractivity contribution < 1.29 is 9.84 Å². The molecule has 0 saturated carbocycles. The minimum absolute atomic E-state index is 0.172. The molecule has 1 aliphatic rings. The molecule has 0 fully saturated rings. The highest BCUT2D eigenvalue weighted by molar-refractivity contribution is 5.60. The van der Waals surface area contributed by atoms with Gasteiger partial charge in [0.1, 0.15) is 12.4 Å². The van der Waals surface area contributed by atoms with Gasteiger partial charge >= 0.3 is 0 Å². The molecule has 0 aromatic heterocycles. The van der Waals surface area contributed by atoms with Gasteiger partial charge in [-0.1, -0.05) is 13.0 Å². The number of ether oxygens (including phenoxy) is 1. The summed E-state index contributed by atoms with van der Waals surface area (Å²) in [5.74, 6) is 1.10. The molecule has 1 heterocycles. The van der Waals surface area contributed by atoms with Crippen LogP contribution in [0, 0.1) is 0 Å². The van der Waals surface area contributed by atoms with Gasteiger partial charge in [-0.25, -0.2) is 0 Å². The first-order valence-electron chi connectivity index (χ1n) is 5.31. The Kier molecular flexibility index (Phi) is 2.82. The molecule has 1 aromatic carbocycles. The lowest BCUT2D eigenvalue weighted by Gasteiger charge is -2.28. The van der Waals surface area contributed by atoms with Gasteiger partial charge in [-0.3, -0.25) is 0 Å². The van der Waals surface area contributed by atoms with E-state index in [1.807, 2.05) is 13.0 Å². The predicted octanol–water partition coefficient (Wildman–Crippen LogP) is 1.61. The Hall–Kier alpha value is -1.22. The number of rotatable bonds is 2. The quantitative estimate of drug-likeness (QED) is 0.799. The molecular formula is C12H17NO2. The van der Waals surface area contributed by atoms with Crippen molar-refractivity contribution in [3.05, 3.63) is 23.8 Å². The van der Waals surface area contributed by atoms with E-state index >= 15 is 0 Å². The van der Waals surface area contributed by atoms with Crippen LogP contribution in [0.1, 0.15) is 18.4 Å². The van der Waals surface area contributed by atoms with Crippen molar-refractivity contribution in [1.29, 1.82) is 0 Å². The second-order valence-corrected chi connectivity index (χ2v) is 4.08. The van der Waals surface area contributed by atoms with Gasteiger partial charge < -0.3 is 14.7 Å². The minimum atomic E-state index is 0.172. The molecule has 0 spiro atoms. The van der Waals surface area contributed by atoms with Crippen LogP contribution < -0.4 is 9.64 Å². The van der Waals surface area contributed by atoms with E-state index in [1.165, 1.54) is 0 Å². The second-order valence-electron chi connectivity index (χ2n) is 4.08. The van der Waals surface area contributed by atoms with Gasteiger partial charge in [-0.05, 0) is 17.7 Å². The molecule has 0 radical (unpaired) electrons. The third-order valence-electron chi connectivity index (χ3n) is 2.92. The van der Waals surface area contributed by atoms with E-state index in [0.29, 0.717) is 0 Å². The highest BCUT2D eigenvalue weighted by Crippen LogP contribution is 2.33. The fourth-order valence-corrected chi connectivity index (χ4v) is 1.79. The van der Waals surface area contributed by atoms with Crippen molar-refractivity contribution >= 4 is 5.69 Å². The van der Waals surface area contributed by atoms with Crippen molar-refractivity contribution in [2.45, 2.75) is 12.8 Å². The first kappa shape index (κ1) is 10.3. The van der Waals surface area contributed by atoms with Crippen molar-refractivity contribution in [3.63, 3.8) is 0 Å². The zero-order chi connectivity index (χ0) is 10.8. The Morgan fingerprint density at radius 3 is 3.07 bits per heavy atom. The average Bonchev–Trinajstić information content (AvgIpc) is 2.28. The number of aliphatic hydroxyl groups excluding tert-OH is 1. The topological polar surface area (TPSA) is 32.7 Å². The van der Waals surface area contributed by atoms with E-state index in [1.54, 1.807) is 0 Å². The number of fused-ring (bicyclic) bond motifs is 1. The molecule has 0 aliphatic carbocycles. The molecule has 0 bridgehead atoms. The van der Waals surface area contributed by atoms with Crippen molar-refractivity contribution in [2.75, 3.05) is 31.7 Å². The van der Waals surface area contributed by atoms with Gasteiger partial charge in [0.15, 0.2) is 0 Å². The summed E-state index contributed by atoms with van der Waals surface area (Å²) in [6.45, 7) is 3.85. The lowest BCUT2D eigenvalue weighted by atomic mass is 10.0. The fraction of sp³-hybridized carbons (Fsp3) is 0.500. The first-order chi connectivity index (χ1) is 7.22. The van der Waals surface area contributed by atoms with Crippen molar-refractivity contribution in [2.24, 2.45) is 0 Å². The van der Waals surface area contributed by atoms with Gasteiger partial charge in [0.05, 0.1) is 12.2 Å². The Labute approximate surface area is 90.3 Å². The summed E-state index contributed by atoms with van der Waals surface area (Å²) in [4.78, 5) is 2.19. The van der Waals surface area contributed by atoms with E-state index in [9.17, 15) is 0 Å². The zero-order valence-electron chi connectivity index (χ0n) is 9.23. The molecule has 2 rings (SSSR count). The number of benzene rings is 1. The lowest BCUT2D eigenvalue weighted by Crippen LogP contribution is -2.28. The van der Waals surface area contributed by atoms with E-state index < -0.39 is 0 Å². The van der Waals surface area contributed by atoms with Crippen LogP contribution in [-0.2, 0) is 0 Å². The Balaban J connectivity index is 2.33. The summed E-state index contributed by atoms with van der Waals surface area (Å²) in [5, 5.41) is 9.09. The maximum absolute atomic E-state index is 9.09. The molecule has 3 heteroatoms. The molecular weight excluding hydrogens is 190 g/mol. The first-order valence-corrected chi connectivity index (χ1v) is 5.31. The highest BCUT2D eigenvalue weighted by Gasteiger charge is 2.16. The van der Waals surface area contributed by atoms with Gasteiger partial charge in [-0.15, -0.1) is 0 Å². The number of aliphatic hydroxyl groups is 1. The molecule has 82 valence electrons. The zero-order valence-corrected chi connectivity index (χ0v) is 9.23. The number of hydrogen-bond acceptors (Lipinski definition) is 3. The van der Waals surface area contributed by atoms with Gasteiger partial charge in [0.25, 0.3) is 0 Å². The van der Waals surface area contributed by atoms with Gasteiger partial charge in [-0.2, -0.15) is 0 Å². The van der Waals surface area contributed by atoms with Crippen molar-refractivity contribution in [1.82, 2.24) is 0 Å². The number of hydrogen-bond donors (Lipinski definition) is 1. The number of anilines is 1. The summed E-state index contributed by atoms with van der Waals surface area (Å²) >= 11 is 0. The molecule has 1 unspecified atom stereocenters. The summed E-state index contributed by atoms with van der Waals surface area (Å²) in [6.07, 6.45) is 0. The van der Waals surface area contributed by atoms with E-state index in [4.69, 9.17) is 9.84 Å². The molecule has 1 aliphatic heterocycles. The molecule has 15 heavy (non-hydrogen) atoms. The van der Waals surface area contributed by atoms with E-state index in [2.05, 4.69) is 24.1 Å². The van der Waals surface area contributed by atoms with Crippen LogP contribution in [0.2, 0.25) is 0 Å². The monoisotopic (exact) mass is 207 g/mol. The third-order valence-corrected chi connectivity index (χ3v) is 2.92. The van der Waals surface area contributed by atoms with Crippen LogP contribution in [0.5, 0.6) is 5.75 Å². The lowest BCUT2D eigenvalue weighted by molar-refractivity contribution is 0.272. The number of nitrogens with zero attached hydrogens (tertiary/aromatic N) is 1. The van der Waals surface area contributed by atoms with E-state index in [0.717, 1.165) is 30.2 Å². The van der Waals surface area contributed by atoms with Crippen LogP contribution >= 0.6 is 0 Å². The minimum Gasteiger partial charge on any atom is -0.490 e. The molecule has 0 saturated heterocycles.